The summed E-state index contributed by atoms with van der Waals surface area (Å²) in [6.07, 6.45) is 8.06. The van der Waals surface area contributed by atoms with E-state index < -0.39 is 0 Å². The predicted molar refractivity (Wildman–Crippen MR) is 131 cm³/mol. The first-order chi connectivity index (χ1) is 16.6. The molecule has 0 bridgehead atoms. The first kappa shape index (κ1) is 22.8. The molecular formula is C23H30ClN9O. The van der Waals surface area contributed by atoms with Crippen molar-refractivity contribution in [2.75, 3.05) is 37.4 Å². The van der Waals surface area contributed by atoms with E-state index in [-0.39, 0.29) is 0 Å². The van der Waals surface area contributed by atoms with Crippen LogP contribution in [0.4, 0.5) is 17.5 Å². The van der Waals surface area contributed by atoms with E-state index in [9.17, 15) is 0 Å². The van der Waals surface area contributed by atoms with Gasteiger partial charge in [-0.15, -0.1) is 5.10 Å². The third kappa shape index (κ3) is 4.92. The van der Waals surface area contributed by atoms with Gasteiger partial charge >= 0.3 is 0 Å². The van der Waals surface area contributed by atoms with E-state index in [0.717, 1.165) is 17.9 Å². The van der Waals surface area contributed by atoms with Gasteiger partial charge in [-0.3, -0.25) is 0 Å². The molecule has 2 aliphatic heterocycles. The molecule has 0 aliphatic carbocycles. The Labute approximate surface area is 204 Å². The highest BCUT2D eigenvalue weighted by atomic mass is 35.5. The standard InChI is InChI=1S/C23H30ClN9O/c1-15-29-30-31-33(15)18-10-17(11-19(12-18)34-2)27-23-26-14-20(24)22(28-23)25-13-16-6-5-9-32-8-4-3-7-21(16)32/h10-12,14,16,21H,3-9,13H2,1-2H3,(H2,25,26,27,28). The number of rotatable bonds is 7. The zero-order valence-electron chi connectivity index (χ0n) is 19.5. The molecule has 180 valence electrons. The molecule has 0 spiro atoms. The molecule has 2 saturated heterocycles. The number of halogens is 1. The molecule has 10 nitrogen and oxygen atoms in total. The molecule has 3 aromatic rings. The number of benzene rings is 1. The van der Waals surface area contributed by atoms with Crippen molar-refractivity contribution in [1.82, 2.24) is 35.1 Å². The molecule has 0 saturated carbocycles. The van der Waals surface area contributed by atoms with Crippen LogP contribution in [0, 0.1) is 12.8 Å². The second kappa shape index (κ2) is 10.1. The summed E-state index contributed by atoms with van der Waals surface area (Å²) in [5.41, 5.74) is 1.52. The van der Waals surface area contributed by atoms with Crippen LogP contribution in [-0.2, 0) is 0 Å². The molecule has 2 fully saturated rings. The Balaban J connectivity index is 1.32. The highest BCUT2D eigenvalue weighted by Gasteiger charge is 2.32. The van der Waals surface area contributed by atoms with Gasteiger partial charge in [0.25, 0.3) is 0 Å². The van der Waals surface area contributed by atoms with Crippen molar-refractivity contribution in [3.63, 3.8) is 0 Å². The number of fused-ring (bicyclic) bond motifs is 1. The lowest BCUT2D eigenvalue weighted by atomic mass is 9.83. The summed E-state index contributed by atoms with van der Waals surface area (Å²) in [4.78, 5) is 11.7. The number of nitrogens with one attached hydrogen (secondary N) is 2. The second-order valence-electron chi connectivity index (χ2n) is 8.96. The summed E-state index contributed by atoms with van der Waals surface area (Å²) in [5, 5.41) is 19.0. The third-order valence-corrected chi connectivity index (χ3v) is 7.03. The molecule has 0 amide bonds. The number of hydrogen-bond acceptors (Lipinski definition) is 9. The molecular weight excluding hydrogens is 454 g/mol. The quantitative estimate of drug-likeness (QED) is 0.518. The maximum absolute atomic E-state index is 6.44. The molecule has 11 heteroatoms. The maximum Gasteiger partial charge on any atom is 0.229 e. The molecule has 4 heterocycles. The summed E-state index contributed by atoms with van der Waals surface area (Å²) >= 11 is 6.44. The van der Waals surface area contributed by atoms with Gasteiger partial charge < -0.3 is 20.3 Å². The van der Waals surface area contributed by atoms with E-state index in [1.165, 1.54) is 45.2 Å². The highest BCUT2D eigenvalue weighted by molar-refractivity contribution is 6.32. The Bertz CT molecular complexity index is 1140. The average molecular weight is 484 g/mol. The number of ether oxygens (including phenoxy) is 1. The molecule has 1 aromatic carbocycles. The van der Waals surface area contributed by atoms with Gasteiger partial charge in [0, 0.05) is 30.4 Å². The van der Waals surface area contributed by atoms with Gasteiger partial charge in [-0.2, -0.15) is 9.67 Å². The second-order valence-corrected chi connectivity index (χ2v) is 9.36. The van der Waals surface area contributed by atoms with E-state index in [1.54, 1.807) is 18.0 Å². The Hall–Kier alpha value is -2.98. The minimum atomic E-state index is 0.447. The minimum Gasteiger partial charge on any atom is -0.497 e. The van der Waals surface area contributed by atoms with Crippen molar-refractivity contribution < 1.29 is 4.74 Å². The lowest BCUT2D eigenvalue weighted by Gasteiger charge is -2.44. The minimum absolute atomic E-state index is 0.447. The van der Waals surface area contributed by atoms with E-state index in [2.05, 4.69) is 41.0 Å². The Morgan fingerprint density at radius 1 is 1.15 bits per heavy atom. The number of aromatic nitrogens is 6. The number of aryl methyl sites for hydroxylation is 1. The van der Waals surface area contributed by atoms with Crippen LogP contribution in [0.2, 0.25) is 5.02 Å². The molecule has 2 aliphatic rings. The largest absolute Gasteiger partial charge is 0.497 e. The number of methoxy groups -OCH3 is 1. The number of tetrazole rings is 1. The number of hydrogen-bond donors (Lipinski definition) is 2. The van der Waals surface area contributed by atoms with E-state index in [0.29, 0.717) is 40.3 Å². The summed E-state index contributed by atoms with van der Waals surface area (Å²) < 4.78 is 7.10. The van der Waals surface area contributed by atoms with Gasteiger partial charge in [0.15, 0.2) is 11.6 Å². The number of piperidine rings is 2. The van der Waals surface area contributed by atoms with Crippen molar-refractivity contribution in [2.45, 2.75) is 45.1 Å². The Morgan fingerprint density at radius 2 is 2.03 bits per heavy atom. The van der Waals surface area contributed by atoms with Gasteiger partial charge in [-0.25, -0.2) is 4.98 Å². The SMILES string of the molecule is COc1cc(Nc2ncc(Cl)c(NCC3CCCN4CCCCC34)n2)cc(-n2nnnc2C)c1. The number of nitrogens with zero attached hydrogens (tertiary/aromatic N) is 7. The molecule has 2 unspecified atom stereocenters. The molecule has 34 heavy (non-hydrogen) atoms. The molecule has 2 N–H and O–H groups in total. The zero-order valence-corrected chi connectivity index (χ0v) is 20.3. The highest BCUT2D eigenvalue weighted by Crippen LogP contribution is 2.32. The summed E-state index contributed by atoms with van der Waals surface area (Å²) in [6.45, 7) is 5.16. The summed E-state index contributed by atoms with van der Waals surface area (Å²) in [5.74, 6) is 3.04. The Morgan fingerprint density at radius 3 is 2.85 bits per heavy atom. The molecule has 5 rings (SSSR count). The Kier molecular flexibility index (Phi) is 6.77. The van der Waals surface area contributed by atoms with Crippen LogP contribution in [0.15, 0.2) is 24.4 Å². The maximum atomic E-state index is 6.44. The predicted octanol–water partition coefficient (Wildman–Crippen LogP) is 3.84. The summed E-state index contributed by atoms with van der Waals surface area (Å²) in [7, 11) is 1.62. The van der Waals surface area contributed by atoms with Crippen LogP contribution in [0.25, 0.3) is 5.69 Å². The molecule has 2 atom stereocenters. The monoisotopic (exact) mass is 483 g/mol. The normalized spacial score (nSPS) is 20.6. The van der Waals surface area contributed by atoms with Gasteiger partial charge in [-0.05, 0) is 68.1 Å². The fourth-order valence-corrected chi connectivity index (χ4v) is 5.25. The first-order valence-corrected chi connectivity index (χ1v) is 12.2. The number of anilines is 3. The fourth-order valence-electron chi connectivity index (χ4n) is 5.09. The topological polar surface area (TPSA) is 106 Å². The van der Waals surface area contributed by atoms with E-state index in [1.807, 2.05) is 25.1 Å². The van der Waals surface area contributed by atoms with Crippen LogP contribution in [0.5, 0.6) is 5.75 Å². The van der Waals surface area contributed by atoms with Gasteiger partial charge in [0.1, 0.15) is 10.8 Å². The zero-order chi connectivity index (χ0) is 23.5. The van der Waals surface area contributed by atoms with Crippen molar-refractivity contribution >= 4 is 29.1 Å². The van der Waals surface area contributed by atoms with E-state index >= 15 is 0 Å². The van der Waals surface area contributed by atoms with Crippen molar-refractivity contribution in [3.05, 3.63) is 35.2 Å². The van der Waals surface area contributed by atoms with Gasteiger partial charge in [-0.1, -0.05) is 18.0 Å². The lowest BCUT2D eigenvalue weighted by Crippen LogP contribution is -2.49. The first-order valence-electron chi connectivity index (χ1n) is 11.8. The van der Waals surface area contributed by atoms with Crippen LogP contribution >= 0.6 is 11.6 Å². The molecule has 2 aromatic heterocycles. The van der Waals surface area contributed by atoms with Crippen LogP contribution in [-0.4, -0.2) is 67.9 Å². The van der Waals surface area contributed by atoms with Crippen molar-refractivity contribution in [2.24, 2.45) is 5.92 Å². The van der Waals surface area contributed by atoms with Crippen LogP contribution in [0.3, 0.4) is 0 Å². The van der Waals surface area contributed by atoms with Crippen molar-refractivity contribution in [1.29, 1.82) is 0 Å². The lowest BCUT2D eigenvalue weighted by molar-refractivity contribution is 0.0649. The summed E-state index contributed by atoms with van der Waals surface area (Å²) in [6, 6.07) is 6.31. The smallest absolute Gasteiger partial charge is 0.229 e. The third-order valence-electron chi connectivity index (χ3n) is 6.76. The van der Waals surface area contributed by atoms with Crippen molar-refractivity contribution in [3.8, 4) is 11.4 Å². The average Bonchev–Trinajstić information content (AvgIpc) is 3.30. The molecule has 0 radical (unpaired) electrons. The van der Waals surface area contributed by atoms with Crippen LogP contribution in [0.1, 0.15) is 37.9 Å². The van der Waals surface area contributed by atoms with Crippen LogP contribution < -0.4 is 15.4 Å². The van der Waals surface area contributed by atoms with Gasteiger partial charge in [0.2, 0.25) is 5.95 Å². The van der Waals surface area contributed by atoms with Gasteiger partial charge in [0.05, 0.1) is 19.0 Å². The van der Waals surface area contributed by atoms with E-state index in [4.69, 9.17) is 16.3 Å². The fraction of sp³-hybridized carbons (Fsp3) is 0.522.